The fourth-order valence-electron chi connectivity index (χ4n) is 1.55. The molecule has 96 valence electrons. The molecule has 6 heteroatoms. The summed E-state index contributed by atoms with van der Waals surface area (Å²) < 4.78 is 1.49. The van der Waals surface area contributed by atoms with Gasteiger partial charge in [0, 0.05) is 18.9 Å². The van der Waals surface area contributed by atoms with Crippen LogP contribution in [-0.4, -0.2) is 33.7 Å². The molecule has 1 aromatic rings. The lowest BCUT2D eigenvalue weighted by molar-refractivity contribution is -0.135. The number of anilines is 1. The molecule has 0 saturated heterocycles. The van der Waals surface area contributed by atoms with E-state index < -0.39 is 5.97 Å². The topological polar surface area (TPSA) is 75.4 Å². The van der Waals surface area contributed by atoms with E-state index in [9.17, 15) is 9.59 Å². The Labute approximate surface area is 105 Å². The number of hydrogen-bond donors (Lipinski definition) is 1. The van der Waals surface area contributed by atoms with Gasteiger partial charge in [0.05, 0.1) is 6.54 Å². The predicted molar refractivity (Wildman–Crippen MR) is 67.5 cm³/mol. The molecule has 0 aromatic carbocycles. The number of aromatic nitrogens is 2. The van der Waals surface area contributed by atoms with Crippen molar-refractivity contribution in [3.8, 4) is 12.3 Å². The molecule has 0 fully saturated rings. The van der Waals surface area contributed by atoms with Gasteiger partial charge in [0.2, 0.25) is 0 Å². The van der Waals surface area contributed by atoms with E-state index >= 15 is 0 Å². The molecule has 0 aliphatic carbocycles. The van der Waals surface area contributed by atoms with Crippen LogP contribution in [0.3, 0.4) is 0 Å². The van der Waals surface area contributed by atoms with Crippen LogP contribution < -0.4 is 10.5 Å². The van der Waals surface area contributed by atoms with Gasteiger partial charge in [-0.3, -0.25) is 9.59 Å². The van der Waals surface area contributed by atoms with Gasteiger partial charge < -0.3 is 14.6 Å². The quantitative estimate of drug-likeness (QED) is 0.728. The third-order valence-corrected chi connectivity index (χ3v) is 2.27. The normalized spacial score (nSPS) is 9.78. The Balaban J connectivity index is 3.12. The van der Waals surface area contributed by atoms with Crippen molar-refractivity contribution in [2.75, 3.05) is 18.0 Å². The summed E-state index contributed by atoms with van der Waals surface area (Å²) in [7, 11) is 0. The van der Waals surface area contributed by atoms with Crippen molar-refractivity contribution >= 4 is 11.8 Å². The van der Waals surface area contributed by atoms with Crippen molar-refractivity contribution in [1.29, 1.82) is 0 Å². The van der Waals surface area contributed by atoms with Gasteiger partial charge in [0.25, 0.3) is 5.56 Å². The molecule has 0 saturated carbocycles. The molecular formula is C12H15N3O3. The van der Waals surface area contributed by atoms with E-state index in [2.05, 4.69) is 10.9 Å². The van der Waals surface area contributed by atoms with Gasteiger partial charge in [0.1, 0.15) is 6.54 Å². The fourth-order valence-corrected chi connectivity index (χ4v) is 1.55. The zero-order valence-corrected chi connectivity index (χ0v) is 10.2. The number of carbonyl (C=O) groups is 1. The van der Waals surface area contributed by atoms with Gasteiger partial charge in [-0.25, -0.2) is 4.98 Å². The summed E-state index contributed by atoms with van der Waals surface area (Å²) in [5.74, 6) is 1.34. The van der Waals surface area contributed by atoms with E-state index in [0.717, 1.165) is 6.42 Å². The van der Waals surface area contributed by atoms with Crippen molar-refractivity contribution < 1.29 is 9.90 Å². The molecule has 18 heavy (non-hydrogen) atoms. The highest BCUT2D eigenvalue weighted by Gasteiger charge is 2.15. The maximum atomic E-state index is 12.1. The lowest BCUT2D eigenvalue weighted by Crippen LogP contribution is -2.37. The number of terminal acetylenes is 1. The van der Waals surface area contributed by atoms with Crippen LogP contribution in [0.4, 0.5) is 5.82 Å². The lowest BCUT2D eigenvalue weighted by Gasteiger charge is -2.18. The van der Waals surface area contributed by atoms with E-state index in [1.807, 2.05) is 6.92 Å². The largest absolute Gasteiger partial charge is 0.480 e. The molecular weight excluding hydrogens is 234 g/mol. The second kappa shape index (κ2) is 6.45. The van der Waals surface area contributed by atoms with E-state index in [0.29, 0.717) is 6.54 Å². The summed E-state index contributed by atoms with van der Waals surface area (Å²) in [6.45, 7) is 2.20. The SMILES string of the molecule is C#CCN(CC(=O)O)c1nccn(CCC)c1=O. The number of carboxylic acid groups (broad SMARTS) is 1. The Morgan fingerprint density at radius 3 is 2.94 bits per heavy atom. The molecule has 1 N–H and O–H groups in total. The molecule has 1 rings (SSSR count). The van der Waals surface area contributed by atoms with E-state index in [-0.39, 0.29) is 24.5 Å². The molecule has 0 aliphatic heterocycles. The highest BCUT2D eigenvalue weighted by Crippen LogP contribution is 2.03. The number of aliphatic carboxylic acids is 1. The molecule has 0 spiro atoms. The molecule has 1 aromatic heterocycles. The van der Waals surface area contributed by atoms with Gasteiger partial charge >= 0.3 is 5.97 Å². The first-order chi connectivity index (χ1) is 8.60. The van der Waals surface area contributed by atoms with Crippen molar-refractivity contribution in [1.82, 2.24) is 9.55 Å². The standard InChI is InChI=1S/C12H15N3O3/c1-3-6-14-8-5-13-11(12(14)18)15(7-4-2)9-10(16)17/h2,5,8H,3,6-7,9H2,1H3,(H,16,17). The second-order valence-corrected chi connectivity index (χ2v) is 3.70. The summed E-state index contributed by atoms with van der Waals surface area (Å²) in [4.78, 5) is 28.0. The van der Waals surface area contributed by atoms with Crippen LogP contribution in [-0.2, 0) is 11.3 Å². The summed E-state index contributed by atoms with van der Waals surface area (Å²) >= 11 is 0. The Morgan fingerprint density at radius 1 is 1.67 bits per heavy atom. The van der Waals surface area contributed by atoms with Gasteiger partial charge in [0.15, 0.2) is 5.82 Å². The van der Waals surface area contributed by atoms with Crippen LogP contribution in [0.25, 0.3) is 0 Å². The van der Waals surface area contributed by atoms with Crippen LogP contribution in [0.15, 0.2) is 17.2 Å². The monoisotopic (exact) mass is 249 g/mol. The molecule has 0 unspecified atom stereocenters. The van der Waals surface area contributed by atoms with Gasteiger partial charge in [-0.15, -0.1) is 6.42 Å². The van der Waals surface area contributed by atoms with E-state index in [1.54, 1.807) is 6.20 Å². The first kappa shape index (κ1) is 13.8. The number of rotatable bonds is 6. The highest BCUT2D eigenvalue weighted by molar-refractivity contribution is 5.73. The minimum absolute atomic E-state index is 0.0324. The number of hydrogen-bond acceptors (Lipinski definition) is 4. The minimum atomic E-state index is -1.06. The molecule has 0 atom stereocenters. The van der Waals surface area contributed by atoms with Crippen LogP contribution in [0.1, 0.15) is 13.3 Å². The Bertz CT molecular complexity index is 516. The molecule has 1 heterocycles. The smallest absolute Gasteiger partial charge is 0.323 e. The fraction of sp³-hybridized carbons (Fsp3) is 0.417. The van der Waals surface area contributed by atoms with Crippen molar-refractivity contribution in [3.63, 3.8) is 0 Å². The molecule has 0 radical (unpaired) electrons. The number of nitrogens with zero attached hydrogens (tertiary/aromatic N) is 3. The number of carboxylic acids is 1. The number of aryl methyl sites for hydroxylation is 1. The second-order valence-electron chi connectivity index (χ2n) is 3.70. The highest BCUT2D eigenvalue weighted by atomic mass is 16.4. The average Bonchev–Trinajstić information content (AvgIpc) is 2.31. The van der Waals surface area contributed by atoms with E-state index in [4.69, 9.17) is 11.5 Å². The first-order valence-corrected chi connectivity index (χ1v) is 5.55. The van der Waals surface area contributed by atoms with Crippen molar-refractivity contribution in [2.45, 2.75) is 19.9 Å². The minimum Gasteiger partial charge on any atom is -0.480 e. The average molecular weight is 249 g/mol. The van der Waals surface area contributed by atoms with Gasteiger partial charge in [-0.2, -0.15) is 0 Å². The third-order valence-electron chi connectivity index (χ3n) is 2.27. The van der Waals surface area contributed by atoms with Crippen molar-refractivity contribution in [3.05, 3.63) is 22.7 Å². The Kier molecular flexibility index (Phi) is 4.93. The van der Waals surface area contributed by atoms with Gasteiger partial charge in [-0.1, -0.05) is 12.8 Å². The third kappa shape index (κ3) is 3.35. The Hall–Kier alpha value is -2.29. The summed E-state index contributed by atoms with van der Waals surface area (Å²) in [6, 6.07) is 0. The molecule has 0 amide bonds. The van der Waals surface area contributed by atoms with Gasteiger partial charge in [-0.05, 0) is 6.42 Å². The molecule has 0 aliphatic rings. The van der Waals surface area contributed by atoms with Crippen LogP contribution >= 0.6 is 0 Å². The molecule has 6 nitrogen and oxygen atoms in total. The summed E-state index contributed by atoms with van der Waals surface area (Å²) in [5.41, 5.74) is -0.323. The first-order valence-electron chi connectivity index (χ1n) is 5.55. The van der Waals surface area contributed by atoms with Crippen LogP contribution in [0, 0.1) is 12.3 Å². The van der Waals surface area contributed by atoms with Crippen LogP contribution in [0.2, 0.25) is 0 Å². The lowest BCUT2D eigenvalue weighted by atomic mass is 10.4. The zero-order valence-electron chi connectivity index (χ0n) is 10.2. The Morgan fingerprint density at radius 2 is 2.39 bits per heavy atom. The molecule has 0 bridgehead atoms. The van der Waals surface area contributed by atoms with E-state index in [1.165, 1.54) is 15.7 Å². The summed E-state index contributed by atoms with van der Waals surface area (Å²) in [5, 5.41) is 8.79. The maximum Gasteiger partial charge on any atom is 0.323 e. The predicted octanol–water partition coefficient (Wildman–Crippen LogP) is 0.177. The zero-order chi connectivity index (χ0) is 13.5. The maximum absolute atomic E-state index is 12.1. The summed E-state index contributed by atoms with van der Waals surface area (Å²) in [6.07, 6.45) is 9.01. The van der Waals surface area contributed by atoms with Crippen LogP contribution in [0.5, 0.6) is 0 Å². The van der Waals surface area contributed by atoms with Crippen molar-refractivity contribution in [2.24, 2.45) is 0 Å².